The van der Waals surface area contributed by atoms with E-state index in [0.29, 0.717) is 0 Å². The van der Waals surface area contributed by atoms with Crippen LogP contribution in [0.15, 0.2) is 60.7 Å². The molecule has 0 aliphatic carbocycles. The molecule has 0 N–H and O–H groups in total. The number of para-hydroxylation sites is 2. The van der Waals surface area contributed by atoms with Gasteiger partial charge in [0.15, 0.2) is 0 Å². The van der Waals surface area contributed by atoms with Crippen LogP contribution in [0.5, 0.6) is 5.75 Å². The number of nitrogens with zero attached hydrogens (tertiary/aromatic N) is 1. The van der Waals surface area contributed by atoms with Gasteiger partial charge in [0.1, 0.15) is 11.9 Å². The molecular formula is C18H23NO. The quantitative estimate of drug-likeness (QED) is 0.740. The normalized spacial score (nSPS) is 11.9. The fraction of sp³-hybridized carbons (Fsp3) is 0.333. The van der Waals surface area contributed by atoms with Crippen LogP contribution in [0.1, 0.15) is 20.3 Å². The fourth-order valence-corrected chi connectivity index (χ4v) is 2.24. The van der Waals surface area contributed by atoms with E-state index in [-0.39, 0.29) is 6.10 Å². The van der Waals surface area contributed by atoms with E-state index >= 15 is 0 Å². The number of anilines is 1. The monoisotopic (exact) mass is 269 g/mol. The third kappa shape index (κ3) is 4.02. The van der Waals surface area contributed by atoms with E-state index in [1.54, 1.807) is 0 Å². The van der Waals surface area contributed by atoms with Crippen molar-refractivity contribution in [2.75, 3.05) is 18.0 Å². The number of hydrogen-bond acceptors (Lipinski definition) is 2. The highest BCUT2D eigenvalue weighted by molar-refractivity contribution is 5.45. The first-order valence-corrected chi connectivity index (χ1v) is 7.35. The Morgan fingerprint density at radius 2 is 1.50 bits per heavy atom. The summed E-state index contributed by atoms with van der Waals surface area (Å²) in [7, 11) is 0. The summed E-state index contributed by atoms with van der Waals surface area (Å²) in [5.41, 5.74) is 1.25. The summed E-state index contributed by atoms with van der Waals surface area (Å²) >= 11 is 0. The van der Waals surface area contributed by atoms with Gasteiger partial charge in [0.2, 0.25) is 0 Å². The Morgan fingerprint density at radius 3 is 2.05 bits per heavy atom. The fourth-order valence-electron chi connectivity index (χ4n) is 2.24. The van der Waals surface area contributed by atoms with Gasteiger partial charge in [0.25, 0.3) is 0 Å². The minimum Gasteiger partial charge on any atom is -0.489 e. The molecule has 0 aliphatic heterocycles. The second-order valence-electron chi connectivity index (χ2n) is 4.84. The summed E-state index contributed by atoms with van der Waals surface area (Å²) in [6, 6.07) is 20.6. The first-order valence-electron chi connectivity index (χ1n) is 7.35. The Kier molecular flexibility index (Phi) is 5.48. The predicted octanol–water partition coefficient (Wildman–Crippen LogP) is 4.37. The number of hydrogen-bond donors (Lipinski definition) is 0. The van der Waals surface area contributed by atoms with Crippen molar-refractivity contribution in [2.24, 2.45) is 0 Å². The van der Waals surface area contributed by atoms with Gasteiger partial charge in [-0.05, 0) is 37.6 Å². The van der Waals surface area contributed by atoms with E-state index < -0.39 is 0 Å². The summed E-state index contributed by atoms with van der Waals surface area (Å²) in [5, 5.41) is 0. The van der Waals surface area contributed by atoms with Gasteiger partial charge in [-0.25, -0.2) is 0 Å². The van der Waals surface area contributed by atoms with E-state index in [9.17, 15) is 0 Å². The highest BCUT2D eigenvalue weighted by Crippen LogP contribution is 2.17. The highest BCUT2D eigenvalue weighted by Gasteiger charge is 2.13. The summed E-state index contributed by atoms with van der Waals surface area (Å²) < 4.78 is 6.08. The van der Waals surface area contributed by atoms with Crippen LogP contribution in [-0.4, -0.2) is 19.2 Å². The highest BCUT2D eigenvalue weighted by atomic mass is 16.5. The smallest absolute Gasteiger partial charge is 0.119 e. The average molecular weight is 269 g/mol. The van der Waals surface area contributed by atoms with Crippen molar-refractivity contribution in [3.63, 3.8) is 0 Å². The standard InChI is InChI=1S/C18H23NO/c1-3-17(20-18-13-9-6-10-14-18)15-19(4-2)16-11-7-5-8-12-16/h5-14,17H,3-4,15H2,1-2H3. The van der Waals surface area contributed by atoms with Gasteiger partial charge in [0, 0.05) is 12.2 Å². The molecular weight excluding hydrogens is 246 g/mol. The second kappa shape index (κ2) is 7.59. The van der Waals surface area contributed by atoms with E-state index in [4.69, 9.17) is 4.74 Å². The molecule has 0 saturated carbocycles. The molecule has 0 heterocycles. The van der Waals surface area contributed by atoms with Crippen LogP contribution in [0.4, 0.5) is 5.69 Å². The Morgan fingerprint density at radius 1 is 0.900 bits per heavy atom. The van der Waals surface area contributed by atoms with E-state index in [1.807, 2.05) is 30.3 Å². The first-order chi connectivity index (χ1) is 9.83. The molecule has 1 atom stereocenters. The Balaban J connectivity index is 2.01. The Labute approximate surface area is 122 Å². The van der Waals surface area contributed by atoms with Gasteiger partial charge in [-0.1, -0.05) is 43.3 Å². The van der Waals surface area contributed by atoms with Crippen molar-refractivity contribution in [1.82, 2.24) is 0 Å². The maximum absolute atomic E-state index is 6.08. The van der Waals surface area contributed by atoms with Crippen LogP contribution in [0, 0.1) is 0 Å². The minimum atomic E-state index is 0.206. The van der Waals surface area contributed by atoms with Crippen LogP contribution in [-0.2, 0) is 0 Å². The SMILES string of the molecule is CCC(CN(CC)c1ccccc1)Oc1ccccc1. The molecule has 2 rings (SSSR count). The molecule has 1 unspecified atom stereocenters. The average Bonchev–Trinajstić information content (AvgIpc) is 2.53. The number of ether oxygens (including phenoxy) is 1. The van der Waals surface area contributed by atoms with Crippen molar-refractivity contribution in [3.8, 4) is 5.75 Å². The van der Waals surface area contributed by atoms with Crippen molar-refractivity contribution in [2.45, 2.75) is 26.4 Å². The number of rotatable bonds is 7. The molecule has 0 aliphatic rings. The van der Waals surface area contributed by atoms with E-state index in [1.165, 1.54) is 5.69 Å². The van der Waals surface area contributed by atoms with Gasteiger partial charge in [0.05, 0.1) is 6.54 Å². The van der Waals surface area contributed by atoms with Crippen LogP contribution in [0.25, 0.3) is 0 Å². The predicted molar refractivity (Wildman–Crippen MR) is 85.5 cm³/mol. The van der Waals surface area contributed by atoms with Gasteiger partial charge in [-0.3, -0.25) is 0 Å². The van der Waals surface area contributed by atoms with Crippen molar-refractivity contribution in [1.29, 1.82) is 0 Å². The van der Waals surface area contributed by atoms with E-state index in [2.05, 4.69) is 49.1 Å². The molecule has 0 fully saturated rings. The van der Waals surface area contributed by atoms with Crippen LogP contribution in [0.3, 0.4) is 0 Å². The molecule has 0 saturated heterocycles. The third-order valence-corrected chi connectivity index (χ3v) is 3.43. The zero-order valence-corrected chi connectivity index (χ0v) is 12.3. The molecule has 2 heteroatoms. The van der Waals surface area contributed by atoms with Crippen molar-refractivity contribution < 1.29 is 4.74 Å². The minimum absolute atomic E-state index is 0.206. The lowest BCUT2D eigenvalue weighted by Gasteiger charge is -2.28. The summed E-state index contributed by atoms with van der Waals surface area (Å²) in [6.45, 7) is 6.25. The van der Waals surface area contributed by atoms with Crippen molar-refractivity contribution in [3.05, 3.63) is 60.7 Å². The van der Waals surface area contributed by atoms with Gasteiger partial charge >= 0.3 is 0 Å². The topological polar surface area (TPSA) is 12.5 Å². The second-order valence-corrected chi connectivity index (χ2v) is 4.84. The molecule has 2 aromatic carbocycles. The summed E-state index contributed by atoms with van der Waals surface area (Å²) in [4.78, 5) is 2.36. The maximum Gasteiger partial charge on any atom is 0.119 e. The molecule has 20 heavy (non-hydrogen) atoms. The number of benzene rings is 2. The molecule has 0 bridgehead atoms. The molecule has 0 spiro atoms. The van der Waals surface area contributed by atoms with Crippen LogP contribution < -0.4 is 9.64 Å². The van der Waals surface area contributed by atoms with Gasteiger partial charge < -0.3 is 9.64 Å². The molecule has 2 aromatic rings. The van der Waals surface area contributed by atoms with Gasteiger partial charge in [-0.2, -0.15) is 0 Å². The summed E-state index contributed by atoms with van der Waals surface area (Å²) in [6.07, 6.45) is 1.20. The zero-order chi connectivity index (χ0) is 14.2. The lowest BCUT2D eigenvalue weighted by molar-refractivity contribution is 0.202. The molecule has 0 radical (unpaired) electrons. The molecule has 106 valence electrons. The molecule has 2 nitrogen and oxygen atoms in total. The number of likely N-dealkylation sites (N-methyl/N-ethyl adjacent to an activating group) is 1. The summed E-state index contributed by atoms with van der Waals surface area (Å²) in [5.74, 6) is 0.948. The van der Waals surface area contributed by atoms with Crippen LogP contribution >= 0.6 is 0 Å². The Hall–Kier alpha value is -1.96. The third-order valence-electron chi connectivity index (χ3n) is 3.43. The lowest BCUT2D eigenvalue weighted by Crippen LogP contribution is -2.35. The molecule has 0 amide bonds. The zero-order valence-electron chi connectivity index (χ0n) is 12.3. The maximum atomic E-state index is 6.08. The van der Waals surface area contributed by atoms with Crippen molar-refractivity contribution >= 4 is 5.69 Å². The Bertz CT molecular complexity index is 483. The van der Waals surface area contributed by atoms with Crippen LogP contribution in [0.2, 0.25) is 0 Å². The lowest BCUT2D eigenvalue weighted by atomic mass is 10.2. The first kappa shape index (κ1) is 14.4. The molecule has 0 aromatic heterocycles. The van der Waals surface area contributed by atoms with E-state index in [0.717, 1.165) is 25.3 Å². The van der Waals surface area contributed by atoms with Gasteiger partial charge in [-0.15, -0.1) is 0 Å². The largest absolute Gasteiger partial charge is 0.489 e.